The van der Waals surface area contributed by atoms with Gasteiger partial charge in [0.05, 0.1) is 20.5 Å². The number of benzene rings is 1. The van der Waals surface area contributed by atoms with Gasteiger partial charge in [-0.3, -0.25) is 14.9 Å². The SMILES string of the molecule is CC(C)(CCO)CNC(=O)c1cc([N+](=O)[O-])cc(Cl)c1Cl. The molecule has 0 aromatic heterocycles. The van der Waals surface area contributed by atoms with E-state index in [1.54, 1.807) is 0 Å². The molecule has 116 valence electrons. The van der Waals surface area contributed by atoms with Crippen molar-refractivity contribution in [1.29, 1.82) is 0 Å². The summed E-state index contributed by atoms with van der Waals surface area (Å²) in [6.07, 6.45) is 0.511. The maximum absolute atomic E-state index is 12.1. The van der Waals surface area contributed by atoms with Gasteiger partial charge < -0.3 is 10.4 Å². The van der Waals surface area contributed by atoms with Crippen molar-refractivity contribution in [1.82, 2.24) is 5.32 Å². The molecule has 0 spiro atoms. The highest BCUT2D eigenvalue weighted by molar-refractivity contribution is 6.44. The van der Waals surface area contributed by atoms with Crippen molar-refractivity contribution in [2.24, 2.45) is 5.41 Å². The van der Waals surface area contributed by atoms with Crippen LogP contribution in [0, 0.1) is 15.5 Å². The van der Waals surface area contributed by atoms with E-state index in [0.717, 1.165) is 12.1 Å². The van der Waals surface area contributed by atoms with Crippen LogP contribution in [0.15, 0.2) is 12.1 Å². The fourth-order valence-electron chi connectivity index (χ4n) is 1.65. The predicted octanol–water partition coefficient (Wildman–Crippen LogP) is 3.04. The van der Waals surface area contributed by atoms with Gasteiger partial charge in [0.25, 0.3) is 11.6 Å². The number of aliphatic hydroxyl groups excluding tert-OH is 1. The number of hydrogen-bond acceptors (Lipinski definition) is 4. The van der Waals surface area contributed by atoms with Crippen LogP contribution in [0.1, 0.15) is 30.6 Å². The Morgan fingerprint density at radius 2 is 2.05 bits per heavy atom. The number of non-ortho nitro benzene ring substituents is 1. The minimum atomic E-state index is -0.644. The summed E-state index contributed by atoms with van der Waals surface area (Å²) in [5.41, 5.74) is -0.652. The number of halogens is 2. The van der Waals surface area contributed by atoms with E-state index < -0.39 is 10.8 Å². The lowest BCUT2D eigenvalue weighted by atomic mass is 9.89. The van der Waals surface area contributed by atoms with Crippen molar-refractivity contribution >= 4 is 34.8 Å². The van der Waals surface area contributed by atoms with Gasteiger partial charge in [0, 0.05) is 25.3 Å². The summed E-state index contributed by atoms with van der Waals surface area (Å²) in [5.74, 6) is -0.545. The number of hydrogen-bond donors (Lipinski definition) is 2. The molecule has 1 aromatic carbocycles. The van der Waals surface area contributed by atoms with Crippen LogP contribution in [-0.4, -0.2) is 29.1 Å². The first-order valence-electron chi connectivity index (χ1n) is 6.20. The summed E-state index contributed by atoms with van der Waals surface area (Å²) in [4.78, 5) is 22.2. The normalized spacial score (nSPS) is 11.3. The number of carbonyl (C=O) groups is 1. The first-order chi connectivity index (χ1) is 9.68. The average molecular weight is 335 g/mol. The fraction of sp³-hybridized carbons (Fsp3) is 0.462. The van der Waals surface area contributed by atoms with Gasteiger partial charge in [0.15, 0.2) is 0 Å². The smallest absolute Gasteiger partial charge is 0.271 e. The molecular weight excluding hydrogens is 319 g/mol. The first-order valence-corrected chi connectivity index (χ1v) is 6.96. The molecule has 0 atom stereocenters. The molecule has 0 unspecified atom stereocenters. The number of amides is 1. The number of nitrogens with one attached hydrogen (secondary N) is 1. The summed E-state index contributed by atoms with van der Waals surface area (Å²) in [5, 5.41) is 22.3. The van der Waals surface area contributed by atoms with Crippen molar-refractivity contribution < 1.29 is 14.8 Å². The van der Waals surface area contributed by atoms with Crippen LogP contribution in [0.5, 0.6) is 0 Å². The van der Waals surface area contributed by atoms with Crippen molar-refractivity contribution in [3.8, 4) is 0 Å². The molecule has 0 fully saturated rings. The average Bonchev–Trinajstić information content (AvgIpc) is 2.38. The third-order valence-corrected chi connectivity index (χ3v) is 3.79. The predicted molar refractivity (Wildman–Crippen MR) is 80.9 cm³/mol. The Bertz CT molecular complexity index is 561. The van der Waals surface area contributed by atoms with Gasteiger partial charge in [-0.15, -0.1) is 0 Å². The Kier molecular flexibility index (Phi) is 5.95. The van der Waals surface area contributed by atoms with Crippen molar-refractivity contribution in [2.75, 3.05) is 13.2 Å². The summed E-state index contributed by atoms with van der Waals surface area (Å²) in [7, 11) is 0. The Morgan fingerprint density at radius 3 is 2.57 bits per heavy atom. The van der Waals surface area contributed by atoms with Gasteiger partial charge in [-0.1, -0.05) is 37.0 Å². The Hall–Kier alpha value is -1.37. The topological polar surface area (TPSA) is 92.5 Å². The lowest BCUT2D eigenvalue weighted by Crippen LogP contribution is -2.34. The number of carbonyl (C=O) groups excluding carboxylic acids is 1. The molecule has 0 saturated heterocycles. The van der Waals surface area contributed by atoms with Gasteiger partial charge in [-0.05, 0) is 11.8 Å². The van der Waals surface area contributed by atoms with E-state index in [9.17, 15) is 14.9 Å². The molecule has 0 aliphatic heterocycles. The molecule has 1 amide bonds. The number of nitrogens with zero attached hydrogens (tertiary/aromatic N) is 1. The van der Waals surface area contributed by atoms with Gasteiger partial charge >= 0.3 is 0 Å². The zero-order valence-corrected chi connectivity index (χ0v) is 13.2. The molecule has 0 radical (unpaired) electrons. The van der Waals surface area contributed by atoms with Gasteiger partial charge in [0.1, 0.15) is 0 Å². The minimum absolute atomic E-state index is 0.00621. The third-order valence-electron chi connectivity index (χ3n) is 2.98. The maximum Gasteiger partial charge on any atom is 0.271 e. The number of nitro benzene ring substituents is 1. The van der Waals surface area contributed by atoms with Crippen molar-refractivity contribution in [3.05, 3.63) is 37.9 Å². The van der Waals surface area contributed by atoms with Gasteiger partial charge in [-0.25, -0.2) is 0 Å². The Labute approximate surface area is 132 Å². The molecule has 0 bridgehead atoms. The van der Waals surface area contributed by atoms with Crippen LogP contribution in [-0.2, 0) is 0 Å². The molecular formula is C13H16Cl2N2O4. The largest absolute Gasteiger partial charge is 0.396 e. The fourth-order valence-corrected chi connectivity index (χ4v) is 2.06. The van der Waals surface area contributed by atoms with E-state index in [1.807, 2.05) is 13.8 Å². The minimum Gasteiger partial charge on any atom is -0.396 e. The lowest BCUT2D eigenvalue weighted by Gasteiger charge is -2.23. The zero-order chi connectivity index (χ0) is 16.2. The first kappa shape index (κ1) is 17.7. The highest BCUT2D eigenvalue weighted by Gasteiger charge is 2.22. The second-order valence-corrected chi connectivity index (χ2v) is 6.15. The highest BCUT2D eigenvalue weighted by Crippen LogP contribution is 2.31. The van der Waals surface area contributed by atoms with E-state index in [2.05, 4.69) is 5.32 Å². The van der Waals surface area contributed by atoms with Crippen molar-refractivity contribution in [2.45, 2.75) is 20.3 Å². The number of rotatable bonds is 6. The second-order valence-electron chi connectivity index (χ2n) is 5.37. The second kappa shape index (κ2) is 7.06. The van der Waals surface area contributed by atoms with Gasteiger partial charge in [-0.2, -0.15) is 0 Å². The summed E-state index contributed by atoms with van der Waals surface area (Å²) in [6, 6.07) is 2.18. The molecule has 0 heterocycles. The van der Waals surface area contributed by atoms with Crippen LogP contribution < -0.4 is 5.32 Å². The van der Waals surface area contributed by atoms with Gasteiger partial charge in [0.2, 0.25) is 0 Å². The molecule has 0 aliphatic carbocycles. The van der Waals surface area contributed by atoms with Crippen LogP contribution in [0.25, 0.3) is 0 Å². The van der Waals surface area contributed by atoms with E-state index in [-0.39, 0.29) is 33.3 Å². The van der Waals surface area contributed by atoms with Crippen LogP contribution in [0.3, 0.4) is 0 Å². The highest BCUT2D eigenvalue weighted by atomic mass is 35.5. The summed E-state index contributed by atoms with van der Waals surface area (Å²) >= 11 is 11.7. The Balaban J connectivity index is 2.95. The number of aliphatic hydroxyl groups is 1. The van der Waals surface area contributed by atoms with E-state index in [4.69, 9.17) is 28.3 Å². The van der Waals surface area contributed by atoms with E-state index >= 15 is 0 Å². The molecule has 21 heavy (non-hydrogen) atoms. The summed E-state index contributed by atoms with van der Waals surface area (Å²) < 4.78 is 0. The standard InChI is InChI=1S/C13H16Cl2N2O4/c1-13(2,3-4-18)7-16-12(19)9-5-8(17(20)21)6-10(14)11(9)15/h5-6,18H,3-4,7H2,1-2H3,(H,16,19). The van der Waals surface area contributed by atoms with Crippen LogP contribution in [0.2, 0.25) is 10.0 Å². The van der Waals surface area contributed by atoms with Crippen LogP contribution >= 0.6 is 23.2 Å². The molecule has 1 aromatic rings. The van der Waals surface area contributed by atoms with Crippen molar-refractivity contribution in [3.63, 3.8) is 0 Å². The molecule has 6 nitrogen and oxygen atoms in total. The molecule has 0 aliphatic rings. The maximum atomic E-state index is 12.1. The Morgan fingerprint density at radius 1 is 1.43 bits per heavy atom. The molecule has 1 rings (SSSR count). The number of nitro groups is 1. The molecule has 0 saturated carbocycles. The molecule has 8 heteroatoms. The lowest BCUT2D eigenvalue weighted by molar-refractivity contribution is -0.384. The van der Waals surface area contributed by atoms with Crippen LogP contribution in [0.4, 0.5) is 5.69 Å². The summed E-state index contributed by atoms with van der Waals surface area (Å²) in [6.45, 7) is 4.06. The van der Waals surface area contributed by atoms with E-state index in [1.165, 1.54) is 0 Å². The quantitative estimate of drug-likeness (QED) is 0.617. The zero-order valence-electron chi connectivity index (χ0n) is 11.7. The van der Waals surface area contributed by atoms with E-state index in [0.29, 0.717) is 13.0 Å². The monoisotopic (exact) mass is 334 g/mol. The third kappa shape index (κ3) is 4.84. The molecule has 2 N–H and O–H groups in total.